The van der Waals surface area contributed by atoms with Crippen molar-refractivity contribution in [2.24, 2.45) is 0 Å². The highest BCUT2D eigenvalue weighted by atomic mass is 16.5. The minimum atomic E-state index is -0.676. The molecule has 98 valence electrons. The van der Waals surface area contributed by atoms with Crippen molar-refractivity contribution in [2.45, 2.75) is 32.4 Å². The van der Waals surface area contributed by atoms with Gasteiger partial charge in [0.1, 0.15) is 11.3 Å². The quantitative estimate of drug-likeness (QED) is 0.824. The van der Waals surface area contributed by atoms with Gasteiger partial charge < -0.3 is 9.47 Å². The first-order valence-corrected chi connectivity index (χ1v) is 6.11. The van der Waals surface area contributed by atoms with E-state index in [1.54, 1.807) is 0 Å². The molecule has 0 fully saturated rings. The van der Waals surface area contributed by atoms with E-state index in [2.05, 4.69) is 11.4 Å². The fraction of sp³-hybridized carbons (Fsp3) is 0.500. The van der Waals surface area contributed by atoms with Gasteiger partial charge in [0.05, 0.1) is 13.7 Å². The maximum atomic E-state index is 11.5. The van der Waals surface area contributed by atoms with Gasteiger partial charge in [0.25, 0.3) is 0 Å². The van der Waals surface area contributed by atoms with Gasteiger partial charge in [-0.2, -0.15) is 0 Å². The average Bonchev–Trinajstić information content (AvgIpc) is 2.82. The normalized spacial score (nSPS) is 13.9. The SMILES string of the molecule is COC(=O)C(C)(C)NCc1ccc2c(c1)CCO2. The highest BCUT2D eigenvalue weighted by Gasteiger charge is 2.27. The molecular formula is C14H19NO3. The molecule has 0 spiro atoms. The Balaban J connectivity index is 2.00. The van der Waals surface area contributed by atoms with Gasteiger partial charge in [0.2, 0.25) is 0 Å². The second-order valence-electron chi connectivity index (χ2n) is 5.01. The van der Waals surface area contributed by atoms with Crippen LogP contribution in [0.4, 0.5) is 0 Å². The van der Waals surface area contributed by atoms with Crippen LogP contribution >= 0.6 is 0 Å². The van der Waals surface area contributed by atoms with Crippen molar-refractivity contribution in [3.8, 4) is 5.75 Å². The second-order valence-corrected chi connectivity index (χ2v) is 5.01. The topological polar surface area (TPSA) is 47.6 Å². The van der Waals surface area contributed by atoms with E-state index in [1.165, 1.54) is 12.7 Å². The van der Waals surface area contributed by atoms with Gasteiger partial charge in [-0.15, -0.1) is 0 Å². The molecule has 1 aromatic carbocycles. The highest BCUT2D eigenvalue weighted by molar-refractivity contribution is 5.79. The van der Waals surface area contributed by atoms with Crippen LogP contribution in [0.1, 0.15) is 25.0 Å². The van der Waals surface area contributed by atoms with E-state index >= 15 is 0 Å². The Kier molecular flexibility index (Phi) is 3.57. The number of benzene rings is 1. The van der Waals surface area contributed by atoms with E-state index < -0.39 is 5.54 Å². The van der Waals surface area contributed by atoms with Crippen LogP contribution in [0.5, 0.6) is 5.75 Å². The van der Waals surface area contributed by atoms with Gasteiger partial charge in [0.15, 0.2) is 0 Å². The molecule has 1 aliphatic heterocycles. The molecule has 0 bridgehead atoms. The molecule has 2 rings (SSSR count). The van der Waals surface area contributed by atoms with Crippen LogP contribution in [-0.4, -0.2) is 25.2 Å². The van der Waals surface area contributed by atoms with Gasteiger partial charge in [-0.1, -0.05) is 12.1 Å². The molecule has 0 radical (unpaired) electrons. The number of nitrogens with one attached hydrogen (secondary N) is 1. The predicted molar refractivity (Wildman–Crippen MR) is 68.6 cm³/mol. The fourth-order valence-corrected chi connectivity index (χ4v) is 2.00. The number of hydrogen-bond donors (Lipinski definition) is 1. The smallest absolute Gasteiger partial charge is 0.325 e. The molecule has 1 aliphatic rings. The Labute approximate surface area is 107 Å². The van der Waals surface area contributed by atoms with E-state index in [-0.39, 0.29) is 5.97 Å². The Morgan fingerprint density at radius 2 is 2.28 bits per heavy atom. The molecule has 1 heterocycles. The summed E-state index contributed by atoms with van der Waals surface area (Å²) in [4.78, 5) is 11.5. The fourth-order valence-electron chi connectivity index (χ4n) is 2.00. The summed E-state index contributed by atoms with van der Waals surface area (Å²) in [6.45, 7) is 5.03. The molecule has 0 atom stereocenters. The number of hydrogen-bond acceptors (Lipinski definition) is 4. The molecule has 0 aromatic heterocycles. The standard InChI is InChI=1S/C14H19NO3/c1-14(2,13(16)17-3)15-9-10-4-5-12-11(8-10)6-7-18-12/h4-5,8,15H,6-7,9H2,1-3H3. The van der Waals surface area contributed by atoms with Gasteiger partial charge in [0, 0.05) is 13.0 Å². The summed E-state index contributed by atoms with van der Waals surface area (Å²) < 4.78 is 10.2. The zero-order valence-corrected chi connectivity index (χ0v) is 11.1. The van der Waals surface area contributed by atoms with E-state index in [9.17, 15) is 4.79 Å². The van der Waals surface area contributed by atoms with Crippen molar-refractivity contribution in [2.75, 3.05) is 13.7 Å². The lowest BCUT2D eigenvalue weighted by atomic mass is 10.0. The molecule has 4 nitrogen and oxygen atoms in total. The minimum absolute atomic E-state index is 0.257. The van der Waals surface area contributed by atoms with Crippen molar-refractivity contribution in [3.05, 3.63) is 29.3 Å². The molecule has 1 aromatic rings. The minimum Gasteiger partial charge on any atom is -0.493 e. The van der Waals surface area contributed by atoms with E-state index in [0.717, 1.165) is 24.3 Å². The third-order valence-corrected chi connectivity index (χ3v) is 3.18. The lowest BCUT2D eigenvalue weighted by Gasteiger charge is -2.23. The van der Waals surface area contributed by atoms with Crippen LogP contribution in [0.3, 0.4) is 0 Å². The number of esters is 1. The lowest BCUT2D eigenvalue weighted by Crippen LogP contribution is -2.46. The number of carbonyl (C=O) groups excluding carboxylic acids is 1. The Morgan fingerprint density at radius 1 is 1.50 bits per heavy atom. The summed E-state index contributed by atoms with van der Waals surface area (Å²) in [5.41, 5.74) is 1.71. The van der Waals surface area contributed by atoms with Crippen LogP contribution in [0.25, 0.3) is 0 Å². The van der Waals surface area contributed by atoms with Crippen LogP contribution in [0.15, 0.2) is 18.2 Å². The maximum Gasteiger partial charge on any atom is 0.325 e. The summed E-state index contributed by atoms with van der Waals surface area (Å²) in [5, 5.41) is 3.20. The second kappa shape index (κ2) is 4.98. The van der Waals surface area contributed by atoms with E-state index in [0.29, 0.717) is 6.54 Å². The lowest BCUT2D eigenvalue weighted by molar-refractivity contribution is -0.147. The van der Waals surface area contributed by atoms with Gasteiger partial charge in [-0.25, -0.2) is 0 Å². The number of fused-ring (bicyclic) bond motifs is 1. The Hall–Kier alpha value is -1.55. The Bertz CT molecular complexity index is 454. The van der Waals surface area contributed by atoms with Crippen molar-refractivity contribution in [1.82, 2.24) is 5.32 Å². The number of carbonyl (C=O) groups is 1. The molecule has 0 unspecified atom stereocenters. The zero-order valence-electron chi connectivity index (χ0n) is 11.1. The first kappa shape index (κ1) is 12.9. The summed E-state index contributed by atoms with van der Waals surface area (Å²) in [5.74, 6) is 0.720. The van der Waals surface area contributed by atoms with E-state index in [4.69, 9.17) is 9.47 Å². The molecule has 0 saturated heterocycles. The van der Waals surface area contributed by atoms with Gasteiger partial charge >= 0.3 is 5.97 Å². The van der Waals surface area contributed by atoms with Crippen molar-refractivity contribution < 1.29 is 14.3 Å². The van der Waals surface area contributed by atoms with Gasteiger partial charge in [-0.3, -0.25) is 10.1 Å². The molecular weight excluding hydrogens is 230 g/mol. The zero-order chi connectivity index (χ0) is 13.2. The molecule has 0 amide bonds. The predicted octanol–water partition coefficient (Wildman–Crippen LogP) is 1.66. The Morgan fingerprint density at radius 3 is 3.00 bits per heavy atom. The van der Waals surface area contributed by atoms with E-state index in [1.807, 2.05) is 26.0 Å². The monoisotopic (exact) mass is 249 g/mol. The number of methoxy groups -OCH3 is 1. The van der Waals surface area contributed by atoms with Crippen LogP contribution in [0.2, 0.25) is 0 Å². The summed E-state index contributed by atoms with van der Waals surface area (Å²) >= 11 is 0. The number of ether oxygens (including phenoxy) is 2. The van der Waals surface area contributed by atoms with Crippen molar-refractivity contribution >= 4 is 5.97 Å². The third-order valence-electron chi connectivity index (χ3n) is 3.18. The van der Waals surface area contributed by atoms with Crippen molar-refractivity contribution in [1.29, 1.82) is 0 Å². The largest absolute Gasteiger partial charge is 0.493 e. The maximum absolute atomic E-state index is 11.5. The number of rotatable bonds is 4. The first-order chi connectivity index (χ1) is 8.53. The molecule has 1 N–H and O–H groups in total. The summed E-state index contributed by atoms with van der Waals surface area (Å²) in [6, 6.07) is 6.14. The van der Waals surface area contributed by atoms with Gasteiger partial charge in [-0.05, 0) is 31.0 Å². The highest BCUT2D eigenvalue weighted by Crippen LogP contribution is 2.25. The molecule has 18 heavy (non-hydrogen) atoms. The molecule has 0 saturated carbocycles. The third kappa shape index (κ3) is 2.64. The molecule has 0 aliphatic carbocycles. The summed E-state index contributed by atoms with van der Waals surface area (Å²) in [6.07, 6.45) is 0.962. The first-order valence-electron chi connectivity index (χ1n) is 6.11. The van der Waals surface area contributed by atoms with Crippen LogP contribution < -0.4 is 10.1 Å². The van der Waals surface area contributed by atoms with Crippen LogP contribution in [-0.2, 0) is 22.5 Å². The van der Waals surface area contributed by atoms with Crippen LogP contribution in [0, 0.1) is 0 Å². The average molecular weight is 249 g/mol. The van der Waals surface area contributed by atoms with Crippen molar-refractivity contribution in [3.63, 3.8) is 0 Å². The molecule has 4 heteroatoms. The summed E-state index contributed by atoms with van der Waals surface area (Å²) in [7, 11) is 1.40.